The number of hydrogen-bond donors (Lipinski definition) is 4. The Balaban J connectivity index is 2.12. The van der Waals surface area contributed by atoms with Gasteiger partial charge in [-0.05, 0) is 6.42 Å². The summed E-state index contributed by atoms with van der Waals surface area (Å²) < 4.78 is 5.28. The monoisotopic (exact) mass is 217 g/mol. The van der Waals surface area contributed by atoms with Crippen molar-refractivity contribution in [2.24, 2.45) is 10.9 Å². The van der Waals surface area contributed by atoms with Crippen LogP contribution in [0.4, 0.5) is 0 Å². The Morgan fingerprint density at radius 1 is 1.27 bits per heavy atom. The normalized spacial score (nSPS) is 44.5. The van der Waals surface area contributed by atoms with Crippen molar-refractivity contribution in [1.29, 1.82) is 0 Å². The second kappa shape index (κ2) is 4.05. The highest BCUT2D eigenvalue weighted by Crippen LogP contribution is 2.32. The van der Waals surface area contributed by atoms with E-state index in [4.69, 9.17) is 14.9 Å². The number of aliphatic imine (C=N–C) groups is 1. The molecule has 5 atom stereocenters. The molecule has 1 heterocycles. The molecule has 0 unspecified atom stereocenters. The molecule has 0 radical (unpaired) electrons. The minimum absolute atomic E-state index is 0.190. The molecule has 1 aliphatic carbocycles. The summed E-state index contributed by atoms with van der Waals surface area (Å²) in [6, 6.07) is -0.523. The first-order chi connectivity index (χ1) is 7.17. The van der Waals surface area contributed by atoms with Crippen molar-refractivity contribution in [2.75, 3.05) is 13.2 Å². The summed E-state index contributed by atoms with van der Waals surface area (Å²) in [6.45, 7) is -0.501. The van der Waals surface area contributed by atoms with Crippen LogP contribution in [0.5, 0.6) is 0 Å². The highest BCUT2D eigenvalue weighted by atomic mass is 16.5. The molecule has 0 aromatic heterocycles. The van der Waals surface area contributed by atoms with Gasteiger partial charge in [0.1, 0.15) is 24.9 Å². The van der Waals surface area contributed by atoms with Gasteiger partial charge in [0.25, 0.3) is 0 Å². The van der Waals surface area contributed by atoms with Crippen LogP contribution in [-0.2, 0) is 4.74 Å². The van der Waals surface area contributed by atoms with Crippen molar-refractivity contribution in [3.63, 3.8) is 0 Å². The lowest BCUT2D eigenvalue weighted by atomic mass is 9.80. The number of nitrogens with zero attached hydrogens (tertiary/aromatic N) is 1. The Morgan fingerprint density at radius 2 is 2.00 bits per heavy atom. The van der Waals surface area contributed by atoms with Crippen LogP contribution in [0.15, 0.2) is 4.99 Å². The number of rotatable bonds is 2. The fourth-order valence-corrected chi connectivity index (χ4v) is 2.19. The van der Waals surface area contributed by atoms with E-state index in [2.05, 4.69) is 4.99 Å². The van der Waals surface area contributed by atoms with Crippen molar-refractivity contribution in [2.45, 2.75) is 30.8 Å². The van der Waals surface area contributed by atoms with E-state index in [1.165, 1.54) is 0 Å². The number of ether oxygens (including phenoxy) is 1. The van der Waals surface area contributed by atoms with Crippen molar-refractivity contribution in [3.05, 3.63) is 0 Å². The van der Waals surface area contributed by atoms with E-state index in [1.807, 2.05) is 0 Å². The highest BCUT2D eigenvalue weighted by molar-refractivity contribution is 5.79. The first-order valence-corrected chi connectivity index (χ1v) is 4.98. The zero-order valence-electron chi connectivity index (χ0n) is 8.15. The lowest BCUT2D eigenvalue weighted by Gasteiger charge is -2.36. The minimum atomic E-state index is -1.04. The fraction of sp³-hybridized carbons (Fsp3) is 0.889. The van der Waals surface area contributed by atoms with Crippen molar-refractivity contribution >= 4 is 5.90 Å². The molecule has 0 aromatic carbocycles. The SMILES string of the molecule is OCC1=N[C@@H]2[C@@H](O)[C@H](O)[C@@H](CO)C[C@@H]2O1. The van der Waals surface area contributed by atoms with Crippen LogP contribution in [0, 0.1) is 5.92 Å². The van der Waals surface area contributed by atoms with E-state index >= 15 is 0 Å². The van der Waals surface area contributed by atoms with Crippen molar-refractivity contribution < 1.29 is 25.2 Å². The predicted octanol–water partition coefficient (Wildman–Crippen LogP) is -2.12. The van der Waals surface area contributed by atoms with Crippen LogP contribution >= 0.6 is 0 Å². The van der Waals surface area contributed by atoms with E-state index in [1.54, 1.807) is 0 Å². The largest absolute Gasteiger partial charge is 0.474 e. The third-order valence-electron chi connectivity index (χ3n) is 3.05. The average Bonchev–Trinajstić information content (AvgIpc) is 2.66. The van der Waals surface area contributed by atoms with Gasteiger partial charge in [-0.15, -0.1) is 0 Å². The van der Waals surface area contributed by atoms with Crippen LogP contribution in [0.3, 0.4) is 0 Å². The van der Waals surface area contributed by atoms with Gasteiger partial charge >= 0.3 is 0 Å². The quantitative estimate of drug-likeness (QED) is 0.423. The average molecular weight is 217 g/mol. The molecule has 6 heteroatoms. The molecule has 4 N–H and O–H groups in total. The summed E-state index contributed by atoms with van der Waals surface area (Å²) in [5.74, 6) is -0.204. The molecule has 0 saturated heterocycles. The molecule has 6 nitrogen and oxygen atoms in total. The summed E-state index contributed by atoms with van der Waals surface area (Å²) in [4.78, 5) is 3.98. The zero-order chi connectivity index (χ0) is 11.0. The van der Waals surface area contributed by atoms with Crippen molar-refractivity contribution in [3.8, 4) is 0 Å². The maximum atomic E-state index is 9.73. The molecule has 0 spiro atoms. The van der Waals surface area contributed by atoms with Gasteiger partial charge in [0.15, 0.2) is 0 Å². The summed E-state index contributed by atoms with van der Waals surface area (Å²) in [6.07, 6.45) is -1.93. The molecule has 2 rings (SSSR count). The summed E-state index contributed by atoms with van der Waals surface area (Å²) in [5, 5.41) is 37.2. The van der Waals surface area contributed by atoms with E-state index in [-0.39, 0.29) is 25.2 Å². The number of aliphatic hydroxyl groups excluding tert-OH is 4. The maximum Gasteiger partial charge on any atom is 0.210 e. The van der Waals surface area contributed by atoms with Crippen LogP contribution < -0.4 is 0 Å². The molecule has 1 saturated carbocycles. The second-order valence-electron chi connectivity index (χ2n) is 3.99. The predicted molar refractivity (Wildman–Crippen MR) is 50.4 cm³/mol. The fourth-order valence-electron chi connectivity index (χ4n) is 2.19. The Labute approximate surface area is 86.8 Å². The molecule has 0 amide bonds. The Morgan fingerprint density at radius 3 is 2.60 bits per heavy atom. The summed E-state index contributed by atoms with van der Waals surface area (Å²) >= 11 is 0. The smallest absolute Gasteiger partial charge is 0.210 e. The molecular weight excluding hydrogens is 202 g/mol. The molecular formula is C9H15NO5. The van der Waals surface area contributed by atoms with Gasteiger partial charge in [0.05, 0.1) is 6.10 Å². The first kappa shape index (κ1) is 10.8. The third-order valence-corrected chi connectivity index (χ3v) is 3.05. The topological polar surface area (TPSA) is 103 Å². The molecule has 86 valence electrons. The second-order valence-corrected chi connectivity index (χ2v) is 3.99. The van der Waals surface area contributed by atoms with Crippen LogP contribution in [0.2, 0.25) is 0 Å². The minimum Gasteiger partial charge on any atom is -0.474 e. The molecule has 1 aliphatic heterocycles. The van der Waals surface area contributed by atoms with E-state index in [0.29, 0.717) is 6.42 Å². The van der Waals surface area contributed by atoms with Gasteiger partial charge in [0, 0.05) is 12.5 Å². The first-order valence-electron chi connectivity index (χ1n) is 4.98. The van der Waals surface area contributed by atoms with Gasteiger partial charge in [-0.2, -0.15) is 0 Å². The molecule has 15 heavy (non-hydrogen) atoms. The zero-order valence-corrected chi connectivity index (χ0v) is 8.15. The molecule has 1 fully saturated rings. The molecule has 0 bridgehead atoms. The Bertz CT molecular complexity index is 269. The van der Waals surface area contributed by atoms with Gasteiger partial charge in [-0.3, -0.25) is 0 Å². The number of fused-ring (bicyclic) bond motifs is 1. The van der Waals surface area contributed by atoms with Crippen LogP contribution in [0.25, 0.3) is 0 Å². The van der Waals surface area contributed by atoms with Gasteiger partial charge in [-0.25, -0.2) is 4.99 Å². The Kier molecular flexibility index (Phi) is 2.92. The maximum absolute atomic E-state index is 9.73. The van der Waals surface area contributed by atoms with Gasteiger partial charge < -0.3 is 25.2 Å². The summed E-state index contributed by atoms with van der Waals surface area (Å²) in [5.41, 5.74) is 0. The van der Waals surface area contributed by atoms with Crippen LogP contribution in [0.1, 0.15) is 6.42 Å². The van der Waals surface area contributed by atoms with Crippen molar-refractivity contribution in [1.82, 2.24) is 0 Å². The molecule has 2 aliphatic rings. The highest BCUT2D eigenvalue weighted by Gasteiger charge is 2.47. The third kappa shape index (κ3) is 1.74. The van der Waals surface area contributed by atoms with E-state index in [9.17, 15) is 10.2 Å². The number of hydrogen-bond acceptors (Lipinski definition) is 6. The van der Waals surface area contributed by atoms with E-state index in [0.717, 1.165) is 0 Å². The lowest BCUT2D eigenvalue weighted by molar-refractivity contribution is -0.0949. The molecule has 0 aromatic rings. The van der Waals surface area contributed by atoms with Crippen LogP contribution in [-0.4, -0.2) is 63.9 Å². The standard InChI is InChI=1S/C9H15NO5/c11-2-4-1-5-7(9(14)8(4)13)10-6(3-12)15-5/h4-5,7-9,11-14H,1-3H2/t4-,5+,7+,8-,9-/m1/s1. The van der Waals surface area contributed by atoms with Gasteiger partial charge in [0.2, 0.25) is 5.90 Å². The summed E-state index contributed by atoms with van der Waals surface area (Å²) in [7, 11) is 0. The Hall–Kier alpha value is -0.690. The lowest BCUT2D eigenvalue weighted by Crippen LogP contribution is -2.52. The van der Waals surface area contributed by atoms with Gasteiger partial charge in [-0.1, -0.05) is 0 Å². The number of aliphatic hydroxyl groups is 4. The van der Waals surface area contributed by atoms with E-state index < -0.39 is 24.2 Å².